The van der Waals surface area contributed by atoms with Crippen LogP contribution in [0.15, 0.2) is 419 Å². The van der Waals surface area contributed by atoms with Gasteiger partial charge in [0.1, 0.15) is 43.0 Å². The van der Waals surface area contributed by atoms with Crippen molar-refractivity contribution in [2.24, 2.45) is 11.3 Å². The predicted octanol–water partition coefficient (Wildman–Crippen LogP) is 25.8. The molecular weight excluding hydrogens is 1900 g/mol. The molecule has 818 valence electrons. The van der Waals surface area contributed by atoms with Crippen LogP contribution in [0.5, 0.6) is 0 Å². The SMILES string of the molecule is C=C.C=C.C=C.C=C.C=C.C=C.C=C.C=C.C=C.C=C.C=C.C=C.C=C.C=C.C=C.C=C.C=C.C=C.C=C.C=C.C=C.C=C.C=C.C=C.COOOOOOOOOOOOOCC(COOOOOOOOOOOOOC)(COC(=O)CCCC(=O)CC(Cc1ccccc1)C(=O)CCC(=O)Cc1ccc(COC(=O)ON2C(=O)CCC2=O)cc1)CC(=O)CCCC(=O)OCC1c2ccccc2-c2ccccc21. The Morgan fingerprint density at radius 1 is 0.317 bits per heavy atom. The highest BCUT2D eigenvalue weighted by molar-refractivity contribution is 6.01. The number of hydroxylamine groups is 2. The van der Waals surface area contributed by atoms with Crippen molar-refractivity contribution in [3.8, 4) is 11.1 Å². The molecule has 1 heterocycles. The van der Waals surface area contributed by atoms with E-state index in [-0.39, 0.29) is 114 Å². The van der Waals surface area contributed by atoms with Crippen LogP contribution in [0.2, 0.25) is 0 Å². The predicted molar refractivity (Wildman–Crippen MR) is 560 cm³/mol. The summed E-state index contributed by atoms with van der Waals surface area (Å²) in [6.07, 6.45) is -3.66. The second kappa shape index (κ2) is 163. The first-order chi connectivity index (χ1) is 71.3. The number of nitrogens with zero attached hydrogens (tertiary/aromatic N) is 1. The Kier molecular flexibility index (Phi) is 198. The van der Waals surface area contributed by atoms with Gasteiger partial charge in [0.05, 0.1) is 32.8 Å². The molecule has 4 aromatic rings. The topological polar surface area (TPSA) is 434 Å². The quantitative estimate of drug-likeness (QED) is 0.00753. The number of fused-ring (bicyclic) bond motifs is 3. The van der Waals surface area contributed by atoms with Gasteiger partial charge in [0.25, 0.3) is 11.8 Å². The molecule has 1 saturated heterocycles. The summed E-state index contributed by atoms with van der Waals surface area (Å²) in [6.45, 7) is 141. The van der Waals surface area contributed by atoms with Crippen LogP contribution in [0.25, 0.3) is 11.1 Å². The van der Waals surface area contributed by atoms with E-state index in [4.69, 9.17) is 24.0 Å². The van der Waals surface area contributed by atoms with Crippen molar-refractivity contribution in [2.45, 2.75) is 102 Å². The lowest BCUT2D eigenvalue weighted by Gasteiger charge is -2.30. The fraction of sp³-hybridized carbons (Fsp3) is 0.229. The van der Waals surface area contributed by atoms with E-state index in [1.807, 2.05) is 48.5 Å². The molecule has 2 aliphatic rings. The summed E-state index contributed by atoms with van der Waals surface area (Å²) in [5.74, 6) is -5.52. The third-order valence-corrected chi connectivity index (χ3v) is 13.5. The zero-order valence-corrected chi connectivity index (χ0v) is 85.2. The van der Waals surface area contributed by atoms with Crippen LogP contribution < -0.4 is 0 Å². The lowest BCUT2D eigenvalue weighted by atomic mass is 9.84. The number of carbonyl (C=O) groups excluding carboxylic acids is 9. The Balaban J connectivity index is -0.000000170. The van der Waals surface area contributed by atoms with Gasteiger partial charge in [0.15, 0.2) is 0 Å². The van der Waals surface area contributed by atoms with Gasteiger partial charge < -0.3 is 14.2 Å². The molecule has 6 rings (SSSR count). The van der Waals surface area contributed by atoms with Crippen LogP contribution in [0, 0.1) is 11.3 Å². The molecular formula is C105H159NO39. The highest BCUT2D eigenvalue weighted by atomic mass is 18.0. The van der Waals surface area contributed by atoms with Gasteiger partial charge in [-0.25, -0.2) is 24.3 Å². The van der Waals surface area contributed by atoms with Crippen LogP contribution in [0.4, 0.5) is 4.79 Å². The first-order valence-corrected chi connectivity index (χ1v) is 40.6. The Bertz CT molecular complexity index is 3330. The normalized spacial score (nSPS) is 9.43. The summed E-state index contributed by atoms with van der Waals surface area (Å²) >= 11 is 0. The average Bonchev–Trinajstić information content (AvgIpc) is 1.61. The van der Waals surface area contributed by atoms with Gasteiger partial charge in [-0.1, -0.05) is 108 Å². The Labute approximate surface area is 859 Å². The van der Waals surface area contributed by atoms with E-state index in [0.29, 0.717) is 16.2 Å². The zero-order valence-electron chi connectivity index (χ0n) is 85.2. The number of esters is 2. The molecule has 1 unspecified atom stereocenters. The van der Waals surface area contributed by atoms with Gasteiger partial charge >= 0.3 is 18.1 Å². The number of benzene rings is 4. The molecule has 0 bridgehead atoms. The van der Waals surface area contributed by atoms with Crippen molar-refractivity contribution in [2.75, 3.05) is 40.6 Å². The number of Topliss-reactive ketones (excluding diaryl/α,β-unsaturated/α-hetero) is 4. The molecule has 0 saturated carbocycles. The number of hydrogen-bond acceptors (Lipinski definition) is 39. The largest absolute Gasteiger partial charge is 0.534 e. The maximum absolute atomic E-state index is 13.8. The molecule has 1 fully saturated rings. The third-order valence-electron chi connectivity index (χ3n) is 13.5. The van der Waals surface area contributed by atoms with Crippen molar-refractivity contribution in [3.05, 3.63) is 447 Å². The zero-order chi connectivity index (χ0) is 117. The van der Waals surface area contributed by atoms with Gasteiger partial charge in [-0.2, -0.15) is 0 Å². The molecule has 0 radical (unpaired) electrons. The number of ether oxygens (including phenoxy) is 3. The van der Waals surface area contributed by atoms with Crippen LogP contribution >= 0.6 is 0 Å². The number of carbonyl (C=O) groups is 9. The lowest BCUT2D eigenvalue weighted by Crippen LogP contribution is -2.40. The number of ketones is 4. The number of imide groups is 1. The van der Waals surface area contributed by atoms with E-state index in [2.05, 4.69) is 441 Å². The van der Waals surface area contributed by atoms with Gasteiger partial charge in [0, 0.05) is 82.5 Å². The molecule has 40 heteroatoms. The van der Waals surface area contributed by atoms with Gasteiger partial charge in [0.2, 0.25) is 0 Å². The molecule has 40 nitrogen and oxygen atoms in total. The lowest BCUT2D eigenvalue weighted by molar-refractivity contribution is -0.870. The fourth-order valence-electron chi connectivity index (χ4n) is 9.25. The van der Waals surface area contributed by atoms with Crippen LogP contribution in [0.1, 0.15) is 111 Å². The number of rotatable bonds is 55. The number of amides is 2. The van der Waals surface area contributed by atoms with Crippen molar-refractivity contribution in [1.29, 1.82) is 0 Å². The maximum Gasteiger partial charge on any atom is 0.534 e. The molecule has 1 atom stereocenters. The standard InChI is InChI=1S/C57H63NO39.24C2H4/c1-68-76-80-84-88-92-96-94-90-86-82-78-73-37-57(38-74-79-83-87-91-95-97-93-89-85-81-77-69-2,33-45(61)15-11-20-54(65)70-35-50-48-18-8-6-16-46(48)47-17-7-9-19-49(47)50)36-72-55(66)21-10-14-43(59)32-42(30-39-12-4-3-5-13-39)51(62)27-26-44(60)31-40-22-24-41(25-23-40)34-71-56(67)75-58-52(63)28-29-53(58)64;24*1-2/h3-9,12-13,16-19,22-25,42,50H,10-11,14-15,20-21,26-38H2,1-2H3;24*1-2H2. The van der Waals surface area contributed by atoms with Gasteiger partial charge in [-0.3, -0.25) is 43.2 Å². The second-order valence-electron chi connectivity index (χ2n) is 20.2. The summed E-state index contributed by atoms with van der Waals surface area (Å²) in [5, 5.41) is 86.6. The fourth-order valence-corrected chi connectivity index (χ4v) is 9.25. The van der Waals surface area contributed by atoms with E-state index in [9.17, 15) is 43.2 Å². The van der Waals surface area contributed by atoms with Crippen molar-refractivity contribution in [3.63, 3.8) is 0 Å². The molecule has 145 heavy (non-hydrogen) atoms. The summed E-state index contributed by atoms with van der Waals surface area (Å²) in [5.41, 5.74) is 4.00. The molecule has 0 spiro atoms. The third kappa shape index (κ3) is 107. The maximum atomic E-state index is 13.8. The van der Waals surface area contributed by atoms with Crippen LogP contribution in [0.3, 0.4) is 0 Å². The minimum atomic E-state index is -1.88. The summed E-state index contributed by atoms with van der Waals surface area (Å²) < 4.78 is 16.3. The Morgan fingerprint density at radius 2 is 0.628 bits per heavy atom. The van der Waals surface area contributed by atoms with Crippen molar-refractivity contribution >= 4 is 53.0 Å². The van der Waals surface area contributed by atoms with Crippen LogP contribution in [-0.4, -0.2) is 98.8 Å². The van der Waals surface area contributed by atoms with E-state index in [0.717, 1.165) is 42.0 Å². The van der Waals surface area contributed by atoms with Gasteiger partial charge in [-0.15, -0.1) is 316 Å². The smallest absolute Gasteiger partial charge is 0.465 e. The first-order valence-electron chi connectivity index (χ1n) is 40.6. The minimum absolute atomic E-state index is 0.0285. The van der Waals surface area contributed by atoms with E-state index in [1.165, 1.54) is 0 Å². The van der Waals surface area contributed by atoms with Crippen molar-refractivity contribution in [1.82, 2.24) is 5.06 Å². The summed E-state index contributed by atoms with van der Waals surface area (Å²) in [4.78, 5) is 139. The van der Waals surface area contributed by atoms with Crippen LogP contribution in [-0.2, 0) is 207 Å². The Morgan fingerprint density at radius 3 is 0.979 bits per heavy atom. The minimum Gasteiger partial charge on any atom is -0.465 e. The van der Waals surface area contributed by atoms with Crippen molar-refractivity contribution < 1.29 is 193 Å². The second-order valence-corrected chi connectivity index (χ2v) is 20.2. The highest BCUT2D eigenvalue weighted by Crippen LogP contribution is 2.44. The first kappa shape index (κ1) is 176. The average molecular weight is 2060 g/mol. The van der Waals surface area contributed by atoms with E-state index < -0.39 is 79.7 Å². The summed E-state index contributed by atoms with van der Waals surface area (Å²) in [6, 6.07) is 30.8. The summed E-state index contributed by atoms with van der Waals surface area (Å²) in [7, 11) is 2.11. The Hall–Kier alpha value is -14.4. The molecule has 4 aromatic carbocycles. The molecule has 2 amide bonds. The molecule has 1 aliphatic heterocycles. The number of hydrogen-bond donors (Lipinski definition) is 0. The van der Waals surface area contributed by atoms with E-state index >= 15 is 0 Å². The molecule has 0 aromatic heterocycles. The van der Waals surface area contributed by atoms with E-state index in [1.54, 1.807) is 54.6 Å². The van der Waals surface area contributed by atoms with Gasteiger partial charge in [-0.05, 0) is 169 Å². The molecule has 1 aliphatic carbocycles. The molecule has 0 N–H and O–H groups in total. The monoisotopic (exact) mass is 2060 g/mol. The highest BCUT2D eigenvalue weighted by Gasteiger charge is 2.38.